The van der Waals surface area contributed by atoms with E-state index in [-0.39, 0.29) is 0 Å². The topological polar surface area (TPSA) is 29.1 Å². The highest BCUT2D eigenvalue weighted by molar-refractivity contribution is 5.82. The van der Waals surface area contributed by atoms with Gasteiger partial charge in [0.2, 0.25) is 0 Å². The van der Waals surface area contributed by atoms with Gasteiger partial charge in [-0.25, -0.2) is 0 Å². The first-order chi connectivity index (χ1) is 4.88. The lowest BCUT2D eigenvalue weighted by Crippen LogP contribution is -2.34. The number of fused-ring (bicyclic) bond motifs is 1. The highest BCUT2D eigenvalue weighted by Gasteiger charge is 2.34. The van der Waals surface area contributed by atoms with Crippen LogP contribution in [0, 0.1) is 5.92 Å². The number of carbonyl (C=O) groups excluding carboxylic acids is 1. The Morgan fingerprint density at radius 3 is 3.10 bits per heavy atom. The molecule has 1 aliphatic carbocycles. The molecule has 56 valence electrons. The van der Waals surface area contributed by atoms with Crippen LogP contribution < -0.4 is 5.32 Å². The minimum atomic E-state index is 0.383. The van der Waals surface area contributed by atoms with Crippen molar-refractivity contribution < 1.29 is 4.79 Å². The van der Waals surface area contributed by atoms with Gasteiger partial charge >= 0.3 is 0 Å². The zero-order chi connectivity index (χ0) is 6.97. The first kappa shape index (κ1) is 6.35. The van der Waals surface area contributed by atoms with E-state index < -0.39 is 0 Å². The predicted octanol–water partition coefficient (Wildman–Crippen LogP) is 0.718. The van der Waals surface area contributed by atoms with E-state index in [1.165, 1.54) is 6.42 Å². The van der Waals surface area contributed by atoms with Gasteiger partial charge in [-0.3, -0.25) is 4.79 Å². The van der Waals surface area contributed by atoms with Crippen LogP contribution in [0.15, 0.2) is 0 Å². The second-order valence-electron chi connectivity index (χ2n) is 3.31. The molecule has 2 heteroatoms. The lowest BCUT2D eigenvalue weighted by atomic mass is 9.84. The Morgan fingerprint density at radius 1 is 1.40 bits per heavy atom. The third-order valence-corrected chi connectivity index (χ3v) is 2.70. The Morgan fingerprint density at radius 2 is 2.30 bits per heavy atom. The molecule has 1 N–H and O–H groups in total. The third kappa shape index (κ3) is 0.870. The molecule has 2 atom stereocenters. The first-order valence-electron chi connectivity index (χ1n) is 4.14. The van der Waals surface area contributed by atoms with E-state index in [2.05, 4.69) is 5.32 Å². The fraction of sp³-hybridized carbons (Fsp3) is 0.875. The molecule has 2 nitrogen and oxygen atoms in total. The Kier molecular flexibility index (Phi) is 1.49. The molecular weight excluding hydrogens is 126 g/mol. The monoisotopic (exact) mass is 139 g/mol. The van der Waals surface area contributed by atoms with Crippen molar-refractivity contribution >= 4 is 5.78 Å². The number of hydrogen-bond acceptors (Lipinski definition) is 2. The van der Waals surface area contributed by atoms with Gasteiger partial charge in [0.1, 0.15) is 5.78 Å². The highest BCUT2D eigenvalue weighted by atomic mass is 16.1. The van der Waals surface area contributed by atoms with Crippen molar-refractivity contribution in [1.29, 1.82) is 0 Å². The van der Waals surface area contributed by atoms with Crippen molar-refractivity contribution in [2.24, 2.45) is 5.92 Å². The molecule has 0 radical (unpaired) electrons. The summed E-state index contributed by atoms with van der Waals surface area (Å²) in [5, 5.41) is 3.37. The second-order valence-corrected chi connectivity index (χ2v) is 3.31. The van der Waals surface area contributed by atoms with Crippen LogP contribution >= 0.6 is 0 Å². The van der Waals surface area contributed by atoms with E-state index >= 15 is 0 Å². The van der Waals surface area contributed by atoms with Crippen LogP contribution in [-0.4, -0.2) is 18.4 Å². The summed E-state index contributed by atoms with van der Waals surface area (Å²) in [4.78, 5) is 11.2. The Bertz CT molecular complexity index is 155. The smallest absolute Gasteiger partial charge is 0.137 e. The number of nitrogens with one attached hydrogen (secondary N) is 1. The van der Waals surface area contributed by atoms with Gasteiger partial charge in [0.15, 0.2) is 0 Å². The highest BCUT2D eigenvalue weighted by Crippen LogP contribution is 2.27. The second kappa shape index (κ2) is 2.35. The van der Waals surface area contributed by atoms with Crippen LogP contribution in [0.2, 0.25) is 0 Å². The van der Waals surface area contributed by atoms with E-state index in [9.17, 15) is 4.79 Å². The summed E-state index contributed by atoms with van der Waals surface area (Å²) >= 11 is 0. The van der Waals surface area contributed by atoms with E-state index in [1.54, 1.807) is 0 Å². The maximum absolute atomic E-state index is 11.2. The molecular formula is C8H13NO. The van der Waals surface area contributed by atoms with Crippen LogP contribution in [0.5, 0.6) is 0 Å². The Balaban J connectivity index is 2.10. The summed E-state index contributed by atoms with van der Waals surface area (Å²) in [6.07, 6.45) is 4.25. The molecule has 1 heterocycles. The molecule has 0 amide bonds. The van der Waals surface area contributed by atoms with Crippen molar-refractivity contribution in [3.05, 3.63) is 0 Å². The summed E-state index contributed by atoms with van der Waals surface area (Å²) in [5.74, 6) is 0.884. The summed E-state index contributed by atoms with van der Waals surface area (Å²) in [7, 11) is 0. The summed E-state index contributed by atoms with van der Waals surface area (Å²) in [6.45, 7) is 1.06. The van der Waals surface area contributed by atoms with Crippen molar-refractivity contribution in [3.63, 3.8) is 0 Å². The molecule has 1 aliphatic heterocycles. The standard InChI is InChI=1S/C8H13NO/c10-8-3-1-2-7-6(8)4-5-9-7/h6-7,9H,1-5H2/t6-,7+/m1/s1. The SMILES string of the molecule is O=C1CCC[C@@H]2NCC[C@@H]12. The zero-order valence-electron chi connectivity index (χ0n) is 6.10. The molecule has 2 aliphatic rings. The molecule has 0 aromatic carbocycles. The molecule has 10 heavy (non-hydrogen) atoms. The summed E-state index contributed by atoms with van der Waals surface area (Å²) < 4.78 is 0. The number of ketones is 1. The molecule has 0 aromatic rings. The van der Waals surface area contributed by atoms with Crippen LogP contribution in [-0.2, 0) is 4.79 Å². The lowest BCUT2D eigenvalue weighted by Gasteiger charge is -2.22. The van der Waals surface area contributed by atoms with Gasteiger partial charge in [0.25, 0.3) is 0 Å². The maximum Gasteiger partial charge on any atom is 0.137 e. The van der Waals surface area contributed by atoms with Crippen LogP contribution in [0.25, 0.3) is 0 Å². The van der Waals surface area contributed by atoms with Crippen molar-refractivity contribution in [2.75, 3.05) is 6.54 Å². The van der Waals surface area contributed by atoms with Crippen molar-refractivity contribution in [3.8, 4) is 0 Å². The number of Topliss-reactive ketones (excluding diaryl/α,β-unsaturated/α-hetero) is 1. The Hall–Kier alpha value is -0.370. The van der Waals surface area contributed by atoms with E-state index in [0.29, 0.717) is 17.7 Å². The zero-order valence-corrected chi connectivity index (χ0v) is 6.10. The fourth-order valence-electron chi connectivity index (χ4n) is 2.14. The molecule has 0 aromatic heterocycles. The van der Waals surface area contributed by atoms with Gasteiger partial charge in [0.05, 0.1) is 0 Å². The quantitative estimate of drug-likeness (QED) is 0.535. The maximum atomic E-state index is 11.2. The van der Waals surface area contributed by atoms with Gasteiger partial charge in [0, 0.05) is 18.4 Å². The molecule has 2 rings (SSSR count). The van der Waals surface area contributed by atoms with E-state index in [4.69, 9.17) is 0 Å². The third-order valence-electron chi connectivity index (χ3n) is 2.70. The molecule has 0 unspecified atom stereocenters. The van der Waals surface area contributed by atoms with Gasteiger partial charge in [-0.1, -0.05) is 0 Å². The first-order valence-corrected chi connectivity index (χ1v) is 4.14. The van der Waals surface area contributed by atoms with Crippen molar-refractivity contribution in [2.45, 2.75) is 31.7 Å². The fourth-order valence-corrected chi connectivity index (χ4v) is 2.14. The minimum Gasteiger partial charge on any atom is -0.313 e. The van der Waals surface area contributed by atoms with Gasteiger partial charge < -0.3 is 5.32 Å². The molecule has 0 bridgehead atoms. The average molecular weight is 139 g/mol. The molecule has 1 saturated carbocycles. The molecule has 1 saturated heterocycles. The summed E-state index contributed by atoms with van der Waals surface area (Å²) in [6, 6.07) is 0.543. The lowest BCUT2D eigenvalue weighted by molar-refractivity contribution is -0.124. The van der Waals surface area contributed by atoms with Crippen molar-refractivity contribution in [1.82, 2.24) is 5.32 Å². The Labute approximate surface area is 61.0 Å². The number of carbonyl (C=O) groups is 1. The predicted molar refractivity (Wildman–Crippen MR) is 38.8 cm³/mol. The van der Waals surface area contributed by atoms with Crippen LogP contribution in [0.3, 0.4) is 0 Å². The normalized spacial score (nSPS) is 39.8. The van der Waals surface area contributed by atoms with Crippen LogP contribution in [0.4, 0.5) is 0 Å². The average Bonchev–Trinajstić information content (AvgIpc) is 2.36. The molecule has 2 fully saturated rings. The van der Waals surface area contributed by atoms with Gasteiger partial charge in [-0.15, -0.1) is 0 Å². The van der Waals surface area contributed by atoms with Gasteiger partial charge in [-0.2, -0.15) is 0 Å². The van der Waals surface area contributed by atoms with Crippen LogP contribution in [0.1, 0.15) is 25.7 Å². The number of hydrogen-bond donors (Lipinski definition) is 1. The van der Waals surface area contributed by atoms with E-state index in [1.807, 2.05) is 0 Å². The molecule has 0 spiro atoms. The minimum absolute atomic E-state index is 0.383. The van der Waals surface area contributed by atoms with E-state index in [0.717, 1.165) is 25.8 Å². The van der Waals surface area contributed by atoms with Gasteiger partial charge in [-0.05, 0) is 25.8 Å². The largest absolute Gasteiger partial charge is 0.313 e. The number of rotatable bonds is 0. The summed E-state index contributed by atoms with van der Waals surface area (Å²) in [5.41, 5.74) is 0.